The van der Waals surface area contributed by atoms with Gasteiger partial charge in [-0.1, -0.05) is 219 Å². The molecule has 4 atom stereocenters. The van der Waals surface area contributed by atoms with E-state index in [1.165, 1.54) is 64.1 Å². The summed E-state index contributed by atoms with van der Waals surface area (Å²) in [6, 6.07) is 81.5. The van der Waals surface area contributed by atoms with Gasteiger partial charge in [-0.05, 0) is 183 Å². The molecule has 2 N–H and O–H groups in total. The normalized spacial score (nSPS) is 18.2. The summed E-state index contributed by atoms with van der Waals surface area (Å²) in [5.74, 6) is -0.673. The Kier molecular flexibility index (Phi) is 24.0. The maximum absolute atomic E-state index is 14.6. The van der Waals surface area contributed by atoms with Crippen molar-refractivity contribution in [3.63, 3.8) is 0 Å². The fourth-order valence-corrected chi connectivity index (χ4v) is 22.3. The number of thioether (sulfide) groups is 2. The van der Waals surface area contributed by atoms with E-state index in [1.807, 2.05) is 94.6 Å². The van der Waals surface area contributed by atoms with E-state index in [9.17, 15) is 28.8 Å². The fourth-order valence-electron chi connectivity index (χ4n) is 17.4. The molecule has 12 aromatic rings. The van der Waals surface area contributed by atoms with Gasteiger partial charge in [-0.3, -0.25) is 47.7 Å². The van der Waals surface area contributed by atoms with E-state index in [-0.39, 0.29) is 64.8 Å². The Morgan fingerprint density at radius 2 is 0.800 bits per heavy atom. The predicted molar refractivity (Wildman–Crippen MR) is 488 cm³/mol. The van der Waals surface area contributed by atoms with Gasteiger partial charge in [0.05, 0.1) is 22.2 Å². The molecule has 16 nitrogen and oxygen atoms in total. The minimum absolute atomic E-state index is 0. The number of halogens is 1. The lowest BCUT2D eigenvalue weighted by Crippen LogP contribution is -3.00. The number of pyridine rings is 2. The van der Waals surface area contributed by atoms with Gasteiger partial charge >= 0.3 is 0 Å². The molecule has 4 aromatic heterocycles. The molecule has 0 radical (unpaired) electrons. The lowest BCUT2D eigenvalue weighted by Gasteiger charge is -2.27. The van der Waals surface area contributed by atoms with E-state index in [4.69, 9.17) is 24.4 Å². The van der Waals surface area contributed by atoms with Gasteiger partial charge in [-0.15, -0.1) is 22.7 Å². The van der Waals surface area contributed by atoms with E-state index in [0.717, 1.165) is 140 Å². The Labute approximate surface area is 733 Å². The molecule has 2 saturated carbocycles. The van der Waals surface area contributed by atoms with Crippen LogP contribution in [-0.2, 0) is 51.8 Å². The van der Waals surface area contributed by atoms with Crippen LogP contribution in [0.3, 0.4) is 0 Å². The first-order valence-electron chi connectivity index (χ1n) is 40.2. The lowest BCUT2D eigenvalue weighted by atomic mass is 9.95. The number of rotatable bonds is 22. The van der Waals surface area contributed by atoms with Gasteiger partial charge in [-0.2, -0.15) is 0 Å². The number of carbonyl (C=O) groups excluding carboxylic acids is 4. The fraction of sp³-hybridized carbons (Fsp3) is 0.196. The van der Waals surface area contributed by atoms with Gasteiger partial charge in [0.15, 0.2) is 37.9 Å². The third-order valence-corrected chi connectivity index (χ3v) is 29.0. The van der Waals surface area contributed by atoms with Gasteiger partial charge in [0.25, 0.3) is 22.9 Å². The minimum atomic E-state index is -0.359. The first kappa shape index (κ1) is 81.1. The molecule has 6 aliphatic rings. The minimum Gasteiger partial charge on any atom is -1.00 e. The van der Waals surface area contributed by atoms with E-state index < -0.39 is 0 Å². The number of aromatic nitrogens is 4. The van der Waals surface area contributed by atoms with Gasteiger partial charge < -0.3 is 37.4 Å². The molecule has 2 saturated heterocycles. The summed E-state index contributed by atoms with van der Waals surface area (Å²) in [6.45, 7) is 0.988. The quantitative estimate of drug-likeness (QED) is 0.0377. The highest BCUT2D eigenvalue weighted by Gasteiger charge is 2.44. The van der Waals surface area contributed by atoms with Gasteiger partial charge in [0.2, 0.25) is 11.8 Å². The molecule has 120 heavy (non-hydrogen) atoms. The number of thiocarbonyl (C=S) groups is 2. The topological polar surface area (TPSA) is 157 Å². The monoisotopic (exact) mass is 1760 g/mol. The standard InChI is InChI=1S/C97H82N10O6S6.BrH/c1-100-92(112)88(118-96(100)114)94-104(90(110)84(116-94)58-66-33-39-82-78(56-66)74-25-15-27-80(74)106(82)72-35-29-62(30-36-72)54-76(68-17-7-3-8-18-68)69-19-9-4-10-20-69)60-86(108)98-45-51-102-47-41-64(42-48-102)53-65-43-49-103(50-44-65)52-46-99-87(109)61-105-91(111)85(117-95(105)89-93(113)101(2)97(115)119-89)59-67-34-40-83-79(57-67)75-26-16-28-81(75)107(83)73-37-31-63(32-38-73)55-77(70-21-11-5-12-22-70)71-23-13-6-14-24-71;/h3-14,17-24,29-44,47-50,54-59,74-75,80-81H,15-16,25-28,45-46,51-53,60-61H2,1-2H3;1H/p+1/b84-58+,85-59+,94-88+,95-89+;. The molecule has 0 spiro atoms. The van der Waals surface area contributed by atoms with E-state index in [0.29, 0.717) is 93.4 Å². The number of anilines is 4. The van der Waals surface area contributed by atoms with Gasteiger partial charge in [-0.25, -0.2) is 9.13 Å². The van der Waals surface area contributed by atoms with Crippen LogP contribution >= 0.6 is 70.6 Å². The zero-order valence-corrected chi connectivity index (χ0v) is 72.4. The van der Waals surface area contributed by atoms with Crippen molar-refractivity contribution in [1.29, 1.82) is 0 Å². The summed E-state index contributed by atoms with van der Waals surface area (Å²) in [5, 5.41) is 6.03. The maximum atomic E-state index is 14.6. The predicted octanol–water partition coefficient (Wildman–Crippen LogP) is 10.5. The van der Waals surface area contributed by atoms with Crippen LogP contribution in [0.5, 0.6) is 0 Å². The molecule has 8 aromatic carbocycles. The molecule has 600 valence electrons. The Morgan fingerprint density at radius 3 is 1.14 bits per heavy atom. The summed E-state index contributed by atoms with van der Waals surface area (Å²) in [5.41, 5.74) is 19.6. The molecule has 8 heterocycles. The van der Waals surface area contributed by atoms with Crippen molar-refractivity contribution < 1.29 is 45.3 Å². The largest absolute Gasteiger partial charge is 1.00 e. The maximum Gasteiger partial charge on any atom is 0.269 e. The average molecular weight is 1760 g/mol. The molecule has 4 fully saturated rings. The van der Waals surface area contributed by atoms with Crippen molar-refractivity contribution >= 4 is 171 Å². The van der Waals surface area contributed by atoms with Crippen molar-refractivity contribution in [3.05, 3.63) is 361 Å². The third kappa shape index (κ3) is 16.8. The number of nitrogens with zero attached hydrogens (tertiary/aromatic N) is 8. The van der Waals surface area contributed by atoms with E-state index >= 15 is 0 Å². The average Bonchev–Trinajstić information content (AvgIpc) is 1.59. The van der Waals surface area contributed by atoms with E-state index in [2.05, 4.69) is 215 Å². The summed E-state index contributed by atoms with van der Waals surface area (Å²) >= 11 is 15.8. The molecule has 0 bridgehead atoms. The number of fused-ring (bicyclic) bond motifs is 6. The zero-order valence-electron chi connectivity index (χ0n) is 65.9. The molecular weight excluding hydrogens is 1670 g/mol. The van der Waals surface area contributed by atoms with Crippen LogP contribution in [0.1, 0.15) is 117 Å². The van der Waals surface area contributed by atoms with Crippen LogP contribution in [0.25, 0.3) is 45.3 Å². The highest BCUT2D eigenvalue weighted by molar-refractivity contribution is 8.30. The number of thiazole rings is 2. The van der Waals surface area contributed by atoms with Crippen molar-refractivity contribution in [3.8, 4) is 0 Å². The number of nitrogens with one attached hydrogen (secondary N) is 2. The Bertz CT molecular complexity index is 6010. The highest BCUT2D eigenvalue weighted by Crippen LogP contribution is 2.54. The molecule has 23 heteroatoms. The summed E-state index contributed by atoms with van der Waals surface area (Å²) < 4.78 is 9.21. The number of amides is 4. The lowest BCUT2D eigenvalue weighted by molar-refractivity contribution is -0.695. The smallest absolute Gasteiger partial charge is 0.269 e. The highest BCUT2D eigenvalue weighted by atomic mass is 79.9. The second kappa shape index (κ2) is 35.6. The van der Waals surface area contributed by atoms with E-state index in [1.54, 1.807) is 14.1 Å². The van der Waals surface area contributed by atoms with Crippen LogP contribution in [0.2, 0.25) is 0 Å². The number of benzene rings is 8. The Balaban J connectivity index is 0.0000103. The molecule has 4 aliphatic heterocycles. The van der Waals surface area contributed by atoms with Crippen molar-refractivity contribution in [2.45, 2.75) is 95.0 Å². The number of hydrogen-bond acceptors (Lipinski definition) is 14. The van der Waals surface area contributed by atoms with Gasteiger partial charge in [0, 0.05) is 85.0 Å². The summed E-state index contributed by atoms with van der Waals surface area (Å²) in [4.78, 5) is 92.8. The van der Waals surface area contributed by atoms with Crippen molar-refractivity contribution in [1.82, 2.24) is 29.6 Å². The molecule has 18 rings (SSSR count). The first-order valence-corrected chi connectivity index (χ1v) is 44.3. The van der Waals surface area contributed by atoms with Crippen LogP contribution in [0.4, 0.5) is 22.7 Å². The van der Waals surface area contributed by atoms with Crippen molar-refractivity contribution in [2.75, 3.05) is 37.0 Å². The Hall–Kier alpha value is -11.3. The Morgan fingerprint density at radius 1 is 0.450 bits per heavy atom. The number of carbonyl (C=O) groups is 4. The zero-order chi connectivity index (χ0) is 81.4. The molecule has 4 unspecified atom stereocenters. The van der Waals surface area contributed by atoms with Crippen LogP contribution in [-0.4, -0.2) is 90.5 Å². The summed E-state index contributed by atoms with van der Waals surface area (Å²) in [6.07, 6.45) is 23.4. The van der Waals surface area contributed by atoms with Crippen LogP contribution < -0.4 is 76.1 Å². The summed E-state index contributed by atoms with van der Waals surface area (Å²) in [7, 11) is 3.25. The second-order valence-corrected chi connectivity index (χ2v) is 36.2. The molecule has 2 aliphatic carbocycles. The third-order valence-electron chi connectivity index (χ3n) is 23.4. The number of hydrogen-bond donors (Lipinski definition) is 2. The SMILES string of the molecule is CN1C(=O)/C(=c2\s/c(=C/c3ccc4c(c3)C3CCCC3N4c3ccc(C=C(c4ccccc4)c4ccccc4)cc3)c(=O)n2CC(=O)NCC[n+]2ccc(Cc3cc[n+](CCNC(=O)Cn4c(=O)/c(=C\c5ccc6c(c5)C5CCCC5N6c5ccc(C=C(c6ccccc6)c6ccccc6)cc5)s/c4=C4/SC(=S)N(C)C4=O)cc3)cc2)SC1=S.[Br-]. The molecular formula is C97H84BrN10O6S6+. The first-order chi connectivity index (χ1) is 58.1. The van der Waals surface area contributed by atoms with Gasteiger partial charge in [0.1, 0.15) is 40.9 Å². The second-order valence-electron chi connectivity index (χ2n) is 30.9. The van der Waals surface area contributed by atoms with Crippen LogP contribution in [0.15, 0.2) is 265 Å². The molecule has 4 amide bonds. The van der Waals surface area contributed by atoms with Crippen LogP contribution in [0, 0.1) is 0 Å². The van der Waals surface area contributed by atoms with Crippen molar-refractivity contribution in [2.24, 2.45) is 0 Å².